The lowest BCUT2D eigenvalue weighted by molar-refractivity contribution is 0.104. The van der Waals surface area contributed by atoms with E-state index >= 15 is 0 Å². The number of carbonyl (C=O) groups excluding carboxylic acids is 2. The zero-order chi connectivity index (χ0) is 23.1. The average molecular weight is 494 g/mol. The van der Waals surface area contributed by atoms with Gasteiger partial charge in [0.15, 0.2) is 0 Å². The molecule has 0 saturated heterocycles. The number of halogens is 3. The van der Waals surface area contributed by atoms with Gasteiger partial charge in [-0.25, -0.2) is 0 Å². The minimum absolute atomic E-state index is 0.0556. The summed E-state index contributed by atoms with van der Waals surface area (Å²) in [6.45, 7) is 7.40. The van der Waals surface area contributed by atoms with E-state index in [1.165, 1.54) is 24.3 Å². The first-order valence-corrected chi connectivity index (χ1v) is 12.3. The predicted octanol–water partition coefficient (Wildman–Crippen LogP) is 7.55. The molecule has 0 fully saturated rings. The molecule has 0 heterocycles. The number of hydrogen-bond acceptors (Lipinski definition) is 3. The highest BCUT2D eigenvalue weighted by atomic mass is 35.5. The van der Waals surface area contributed by atoms with Crippen molar-refractivity contribution in [3.63, 3.8) is 0 Å². The van der Waals surface area contributed by atoms with Crippen molar-refractivity contribution in [1.29, 1.82) is 0 Å². The van der Waals surface area contributed by atoms with E-state index in [1.807, 2.05) is 19.9 Å². The highest BCUT2D eigenvalue weighted by molar-refractivity contribution is 8.01. The first kappa shape index (κ1) is 23.8. The Bertz CT molecular complexity index is 1240. The molecule has 1 unspecified atom stereocenters. The van der Waals surface area contributed by atoms with Gasteiger partial charge in [0.2, 0.25) is 18.2 Å². The second-order valence-corrected chi connectivity index (χ2v) is 11.2. The van der Waals surface area contributed by atoms with E-state index in [-0.39, 0.29) is 31.5 Å². The van der Waals surface area contributed by atoms with E-state index in [0.29, 0.717) is 11.1 Å². The summed E-state index contributed by atoms with van der Waals surface area (Å²) in [6, 6.07) is 12.6. The summed E-state index contributed by atoms with van der Waals surface area (Å²) >= 11 is 18.5. The molecular formula is C24H20Cl3O3P. The molecule has 3 aromatic rings. The van der Waals surface area contributed by atoms with Crippen LogP contribution in [0.15, 0.2) is 48.5 Å². The predicted molar refractivity (Wildman–Crippen MR) is 129 cm³/mol. The van der Waals surface area contributed by atoms with E-state index in [4.69, 9.17) is 34.8 Å². The zero-order valence-electron chi connectivity index (χ0n) is 17.4. The van der Waals surface area contributed by atoms with Crippen molar-refractivity contribution in [3.8, 4) is 0 Å². The Morgan fingerprint density at radius 1 is 0.710 bits per heavy atom. The molecule has 0 amide bonds. The summed E-state index contributed by atoms with van der Waals surface area (Å²) in [5.74, 6) is 0. The van der Waals surface area contributed by atoms with Crippen LogP contribution < -0.4 is 5.30 Å². The van der Waals surface area contributed by atoms with Crippen LogP contribution in [0.4, 0.5) is 0 Å². The molecule has 0 N–H and O–H groups in total. The number of benzene rings is 3. The van der Waals surface area contributed by atoms with Gasteiger partial charge >= 0.3 is 0 Å². The molecule has 3 aromatic carbocycles. The van der Waals surface area contributed by atoms with Gasteiger partial charge in [0.05, 0.1) is 15.6 Å². The lowest BCUT2D eigenvalue weighted by Gasteiger charge is -2.21. The summed E-state index contributed by atoms with van der Waals surface area (Å²) in [5.41, 5.74) is 1.73. The Balaban J connectivity index is 2.34. The van der Waals surface area contributed by atoms with Gasteiger partial charge in [0.1, 0.15) is 0 Å². The molecular weight excluding hydrogens is 474 g/mol. The van der Waals surface area contributed by atoms with Crippen molar-refractivity contribution >= 4 is 58.3 Å². The van der Waals surface area contributed by atoms with Crippen molar-refractivity contribution < 1.29 is 14.2 Å². The fourth-order valence-electron chi connectivity index (χ4n) is 3.64. The Hall–Kier alpha value is -1.90. The summed E-state index contributed by atoms with van der Waals surface area (Å²) in [6.07, 6.45) is 0. The van der Waals surface area contributed by atoms with Gasteiger partial charge in [-0.2, -0.15) is 0 Å². The molecule has 0 radical (unpaired) electrons. The first-order chi connectivity index (χ1) is 14.5. The van der Waals surface area contributed by atoms with E-state index in [2.05, 4.69) is 0 Å². The maximum atomic E-state index is 14.5. The van der Waals surface area contributed by atoms with Crippen LogP contribution >= 0.6 is 41.9 Å². The van der Waals surface area contributed by atoms with Crippen molar-refractivity contribution in [2.75, 3.05) is 0 Å². The molecule has 0 saturated carbocycles. The average Bonchev–Trinajstić information content (AvgIpc) is 2.71. The molecule has 7 heteroatoms. The molecule has 0 bridgehead atoms. The van der Waals surface area contributed by atoms with Gasteiger partial charge in [0, 0.05) is 15.9 Å². The Kier molecular flexibility index (Phi) is 6.84. The zero-order valence-corrected chi connectivity index (χ0v) is 20.6. The number of aryl methyl sites for hydroxylation is 2. The minimum atomic E-state index is -4.35. The normalized spacial score (nSPS) is 13.0. The molecule has 0 aromatic heterocycles. The number of hydrogen-bond donors (Lipinski definition) is 0. The molecule has 0 aliphatic rings. The van der Waals surface area contributed by atoms with Crippen LogP contribution in [0, 0.1) is 27.7 Å². The lowest BCUT2D eigenvalue weighted by Crippen LogP contribution is -2.22. The van der Waals surface area contributed by atoms with Crippen molar-refractivity contribution in [3.05, 3.63) is 97.0 Å². The number of rotatable bonds is 5. The monoisotopic (exact) mass is 492 g/mol. The van der Waals surface area contributed by atoms with Crippen LogP contribution in [0.2, 0.25) is 15.1 Å². The van der Waals surface area contributed by atoms with Crippen molar-refractivity contribution in [1.82, 2.24) is 0 Å². The van der Waals surface area contributed by atoms with Crippen LogP contribution in [0.3, 0.4) is 0 Å². The smallest absolute Gasteiger partial charge is 0.248 e. The molecule has 3 rings (SSSR count). The summed E-state index contributed by atoms with van der Waals surface area (Å²) < 4.78 is 14.5. The Labute approximate surface area is 196 Å². The van der Waals surface area contributed by atoms with E-state index in [1.54, 1.807) is 32.0 Å². The standard InChI is InChI=1S/C24H20Cl3O3P/c1-13-10-14(2)21(16(4)15(13)3)23(28)31(30,18-8-6-5-7-9-18)24(29)22-19(26)11-17(25)12-20(22)27/h5-12H,1-4H3. The van der Waals surface area contributed by atoms with Crippen LogP contribution in [0.5, 0.6) is 0 Å². The molecule has 1 atom stereocenters. The molecule has 160 valence electrons. The van der Waals surface area contributed by atoms with Gasteiger partial charge in [-0.1, -0.05) is 71.2 Å². The van der Waals surface area contributed by atoms with Crippen LogP contribution in [-0.4, -0.2) is 11.0 Å². The maximum absolute atomic E-state index is 14.5. The topological polar surface area (TPSA) is 51.2 Å². The summed E-state index contributed by atoms with van der Waals surface area (Å²) in [7, 11) is -4.35. The van der Waals surface area contributed by atoms with Crippen LogP contribution in [0.25, 0.3) is 0 Å². The van der Waals surface area contributed by atoms with E-state index < -0.39 is 18.2 Å². The van der Waals surface area contributed by atoms with Crippen LogP contribution in [-0.2, 0) is 4.57 Å². The minimum Gasteiger partial charge on any atom is -0.302 e. The van der Waals surface area contributed by atoms with E-state index in [9.17, 15) is 14.2 Å². The van der Waals surface area contributed by atoms with Gasteiger partial charge in [-0.05, 0) is 62.1 Å². The number of carbonyl (C=O) groups is 2. The quantitative estimate of drug-likeness (QED) is 0.345. The van der Waals surface area contributed by atoms with Crippen LogP contribution in [0.1, 0.15) is 43.0 Å². The third-order valence-electron chi connectivity index (χ3n) is 5.48. The maximum Gasteiger partial charge on any atom is 0.248 e. The van der Waals surface area contributed by atoms with Gasteiger partial charge in [-0.15, -0.1) is 0 Å². The lowest BCUT2D eigenvalue weighted by atomic mass is 9.95. The molecule has 0 aliphatic heterocycles. The molecule has 31 heavy (non-hydrogen) atoms. The second kappa shape index (κ2) is 8.92. The second-order valence-electron chi connectivity index (χ2n) is 7.43. The van der Waals surface area contributed by atoms with Crippen molar-refractivity contribution in [2.45, 2.75) is 27.7 Å². The van der Waals surface area contributed by atoms with Gasteiger partial charge < -0.3 is 4.57 Å². The van der Waals surface area contributed by atoms with Crippen molar-refractivity contribution in [2.24, 2.45) is 0 Å². The SMILES string of the molecule is Cc1cc(C)c(C(=O)P(=O)(C(=O)c2c(Cl)cc(Cl)cc2Cl)c2ccccc2)c(C)c1C. The van der Waals surface area contributed by atoms with E-state index in [0.717, 1.165) is 11.1 Å². The highest BCUT2D eigenvalue weighted by Gasteiger charge is 2.45. The Morgan fingerprint density at radius 3 is 1.77 bits per heavy atom. The first-order valence-electron chi connectivity index (χ1n) is 9.47. The largest absolute Gasteiger partial charge is 0.302 e. The third-order valence-corrected chi connectivity index (χ3v) is 8.91. The molecule has 3 nitrogen and oxygen atoms in total. The fourth-order valence-corrected chi connectivity index (χ4v) is 7.22. The fraction of sp³-hybridized carbons (Fsp3) is 0.167. The summed E-state index contributed by atoms with van der Waals surface area (Å²) in [5, 5.41) is 0.248. The summed E-state index contributed by atoms with van der Waals surface area (Å²) in [4.78, 5) is 27.6. The van der Waals surface area contributed by atoms with Gasteiger partial charge in [0.25, 0.3) is 0 Å². The third kappa shape index (κ3) is 4.13. The molecule has 0 spiro atoms. The van der Waals surface area contributed by atoms with Gasteiger partial charge in [-0.3, -0.25) is 9.59 Å². The Morgan fingerprint density at radius 2 is 1.23 bits per heavy atom. The highest BCUT2D eigenvalue weighted by Crippen LogP contribution is 2.54. The molecule has 0 aliphatic carbocycles.